The molecule has 1 aromatic heterocycles. The summed E-state index contributed by atoms with van der Waals surface area (Å²) in [6.45, 7) is 15.0. The summed E-state index contributed by atoms with van der Waals surface area (Å²) in [5, 5.41) is 13.9. The highest BCUT2D eigenvalue weighted by atomic mass is 19.2. The molecule has 1 heterocycles. The van der Waals surface area contributed by atoms with Crippen LogP contribution in [0.3, 0.4) is 0 Å². The van der Waals surface area contributed by atoms with Crippen molar-refractivity contribution in [2.75, 3.05) is 36.8 Å². The van der Waals surface area contributed by atoms with Crippen LogP contribution >= 0.6 is 0 Å². The van der Waals surface area contributed by atoms with E-state index in [1.807, 2.05) is 0 Å². The molecule has 9 nitrogen and oxygen atoms in total. The maximum Gasteiger partial charge on any atom is 0.323 e. The molecule has 4 rings (SSSR count). The predicted molar refractivity (Wildman–Crippen MR) is 189 cm³/mol. The Labute approximate surface area is 296 Å². The van der Waals surface area contributed by atoms with Crippen LogP contribution in [-0.4, -0.2) is 58.1 Å². The Balaban J connectivity index is 0.000000420. The van der Waals surface area contributed by atoms with Crippen LogP contribution in [0.25, 0.3) is 11.0 Å². The monoisotopic (exact) mass is 723 g/mol. The van der Waals surface area contributed by atoms with Gasteiger partial charge in [0.1, 0.15) is 11.2 Å². The first-order valence-electron chi connectivity index (χ1n) is 17.1. The lowest BCUT2D eigenvalue weighted by Gasteiger charge is -2.39. The van der Waals surface area contributed by atoms with Gasteiger partial charge in [0.2, 0.25) is 5.82 Å². The van der Waals surface area contributed by atoms with Crippen LogP contribution < -0.4 is 15.7 Å². The third-order valence-electron chi connectivity index (χ3n) is 8.10. The molecule has 0 unspecified atom stereocenters. The molecule has 5 N–H and O–H groups in total. The van der Waals surface area contributed by atoms with Crippen LogP contribution in [-0.2, 0) is 0 Å². The standard InChI is InChI=1S/C16H36N.C14H7F5N4O.C7H6O2.H2O/c1-5-9-13-17(14-10-6-2,15-11-7-3)16-12-8-4;15-7-8(16)10(18)13(11(19)9(7)17)23-14(24)22-6-3-1-2-5-12(6)21-4-20-5;8-7(9)6-4-2-1-3-5-6;/h5-16H2,1-4H3;1-4H,(H,20,21)(H2,22,23,24);1-5H,(H,8,9);1H2/q+1;;;/p-1. The topological polar surface area (TPSA) is 141 Å². The Morgan fingerprint density at radius 2 is 1.16 bits per heavy atom. The Kier molecular flexibility index (Phi) is 20.1. The summed E-state index contributed by atoms with van der Waals surface area (Å²) in [6, 6.07) is 11.5. The summed E-state index contributed by atoms with van der Waals surface area (Å²) < 4.78 is 67.6. The van der Waals surface area contributed by atoms with E-state index in [1.165, 1.54) is 107 Å². The average molecular weight is 724 g/mol. The fraction of sp³-hybridized carbons (Fsp3) is 0.432. The molecule has 0 fully saturated rings. The van der Waals surface area contributed by atoms with E-state index < -0.39 is 46.8 Å². The second kappa shape index (κ2) is 23.0. The Bertz CT molecular complexity index is 1570. The number of imidazole rings is 1. The number of carboxylic acids is 1. The van der Waals surface area contributed by atoms with Gasteiger partial charge < -0.3 is 35.5 Å². The van der Waals surface area contributed by atoms with Crippen LogP contribution in [0.2, 0.25) is 0 Å². The van der Waals surface area contributed by atoms with Gasteiger partial charge in [-0.1, -0.05) is 89.8 Å². The zero-order valence-corrected chi connectivity index (χ0v) is 29.7. The van der Waals surface area contributed by atoms with Gasteiger partial charge >= 0.3 is 6.03 Å². The number of amides is 2. The van der Waals surface area contributed by atoms with Gasteiger partial charge in [0, 0.05) is 0 Å². The van der Waals surface area contributed by atoms with E-state index in [9.17, 15) is 36.6 Å². The molecule has 4 aromatic rings. The number of aromatic amines is 1. The van der Waals surface area contributed by atoms with Crippen molar-refractivity contribution in [2.45, 2.75) is 79.1 Å². The number of benzene rings is 3. The highest BCUT2D eigenvalue weighted by Gasteiger charge is 2.27. The van der Waals surface area contributed by atoms with E-state index in [0.29, 0.717) is 11.0 Å². The number of hydrogen-bond donors (Lipinski definition) is 3. The van der Waals surface area contributed by atoms with E-state index >= 15 is 0 Å². The number of para-hydroxylation sites is 1. The largest absolute Gasteiger partial charge is 0.545 e. The van der Waals surface area contributed by atoms with E-state index in [0.717, 1.165) is 0 Å². The van der Waals surface area contributed by atoms with E-state index in [2.05, 4.69) is 43.0 Å². The van der Waals surface area contributed by atoms with Gasteiger partial charge in [0.25, 0.3) is 0 Å². The number of anilines is 2. The number of carbonyl (C=O) groups excluding carboxylic acids is 2. The number of carbonyl (C=O) groups is 2. The number of H-pyrrole nitrogens is 1. The molecular formula is C37H50F5N5O4. The molecule has 0 saturated heterocycles. The molecule has 0 bridgehead atoms. The number of urea groups is 1. The minimum absolute atomic E-state index is 0. The quantitative estimate of drug-likeness (QED) is 0.0493. The second-order valence-corrected chi connectivity index (χ2v) is 11.9. The minimum atomic E-state index is -2.31. The first-order chi connectivity index (χ1) is 23.9. The van der Waals surface area contributed by atoms with Gasteiger partial charge in [0.05, 0.1) is 49.7 Å². The van der Waals surface area contributed by atoms with Gasteiger partial charge in [0.15, 0.2) is 23.3 Å². The van der Waals surface area contributed by atoms with Crippen LogP contribution in [0.5, 0.6) is 0 Å². The van der Waals surface area contributed by atoms with Gasteiger partial charge in [-0.2, -0.15) is 0 Å². The zero-order chi connectivity index (χ0) is 37.1. The van der Waals surface area contributed by atoms with Gasteiger partial charge in [-0.3, -0.25) is 0 Å². The first kappa shape index (κ1) is 44.5. The van der Waals surface area contributed by atoms with Crippen LogP contribution in [0.15, 0.2) is 54.9 Å². The van der Waals surface area contributed by atoms with Crippen molar-refractivity contribution >= 4 is 34.4 Å². The minimum Gasteiger partial charge on any atom is -0.545 e. The number of hydrogen-bond acceptors (Lipinski definition) is 4. The number of halogens is 5. The second-order valence-electron chi connectivity index (χ2n) is 11.9. The lowest BCUT2D eigenvalue weighted by Crippen LogP contribution is -2.50. The Morgan fingerprint density at radius 1 is 0.686 bits per heavy atom. The summed E-state index contributed by atoms with van der Waals surface area (Å²) in [5.74, 6) is -12.0. The number of aromatic nitrogens is 2. The van der Waals surface area contributed by atoms with Crippen molar-refractivity contribution in [2.24, 2.45) is 0 Å². The summed E-state index contributed by atoms with van der Waals surface area (Å²) in [4.78, 5) is 28.6. The van der Waals surface area contributed by atoms with Gasteiger partial charge in [-0.05, 0) is 43.4 Å². The van der Waals surface area contributed by atoms with E-state index in [-0.39, 0.29) is 16.7 Å². The molecule has 0 saturated carbocycles. The van der Waals surface area contributed by atoms with Crippen molar-refractivity contribution < 1.29 is 46.6 Å². The fourth-order valence-electron chi connectivity index (χ4n) is 5.27. The number of fused-ring (bicyclic) bond motifs is 1. The van der Waals surface area contributed by atoms with Crippen molar-refractivity contribution in [3.63, 3.8) is 0 Å². The molecule has 2 amide bonds. The van der Waals surface area contributed by atoms with Crippen molar-refractivity contribution in [1.29, 1.82) is 0 Å². The van der Waals surface area contributed by atoms with Crippen LogP contribution in [0, 0.1) is 29.1 Å². The molecule has 51 heavy (non-hydrogen) atoms. The molecule has 3 aromatic carbocycles. The average Bonchev–Trinajstić information content (AvgIpc) is 3.62. The van der Waals surface area contributed by atoms with Crippen LogP contribution in [0.4, 0.5) is 38.1 Å². The number of nitrogens with one attached hydrogen (secondary N) is 3. The molecular weight excluding hydrogens is 673 g/mol. The number of aromatic carboxylic acids is 1. The highest BCUT2D eigenvalue weighted by molar-refractivity contribution is 6.04. The molecule has 0 spiro atoms. The Hall–Kier alpha value is -4.56. The molecule has 14 heteroatoms. The molecule has 0 aliphatic heterocycles. The molecule has 0 atom stereocenters. The molecule has 0 aliphatic carbocycles. The smallest absolute Gasteiger partial charge is 0.323 e. The summed E-state index contributed by atoms with van der Waals surface area (Å²) >= 11 is 0. The SMILES string of the molecule is CCCC[N+](CCCC)(CCCC)CCCC.O.O=C(Nc1c(F)c(F)c(F)c(F)c1F)Nc1cccc2[nH]cnc12.O=C([O-])c1ccccc1. The summed E-state index contributed by atoms with van der Waals surface area (Å²) in [6.07, 6.45) is 12.4. The lowest BCUT2D eigenvalue weighted by molar-refractivity contribution is -0.929. The molecule has 282 valence electrons. The highest BCUT2D eigenvalue weighted by Crippen LogP contribution is 2.28. The predicted octanol–water partition coefficient (Wildman–Crippen LogP) is 8.13. The van der Waals surface area contributed by atoms with Crippen LogP contribution in [0.1, 0.15) is 89.4 Å². The maximum absolute atomic E-state index is 13.5. The third-order valence-corrected chi connectivity index (χ3v) is 8.10. The normalized spacial score (nSPS) is 10.7. The number of unbranched alkanes of at least 4 members (excludes halogenated alkanes) is 4. The van der Waals surface area contributed by atoms with Gasteiger partial charge in [-0.15, -0.1) is 0 Å². The third kappa shape index (κ3) is 13.6. The molecule has 0 aliphatic rings. The van der Waals surface area contributed by atoms with Crippen molar-refractivity contribution in [3.05, 3.63) is 89.5 Å². The number of carboxylic acid groups (broad SMARTS) is 1. The number of nitrogens with zero attached hydrogens (tertiary/aromatic N) is 2. The maximum atomic E-state index is 13.5. The summed E-state index contributed by atoms with van der Waals surface area (Å²) in [7, 11) is 0. The van der Waals surface area contributed by atoms with Gasteiger partial charge in [-0.25, -0.2) is 31.7 Å². The first-order valence-corrected chi connectivity index (χ1v) is 17.1. The van der Waals surface area contributed by atoms with E-state index in [1.54, 1.807) is 35.6 Å². The zero-order valence-electron chi connectivity index (χ0n) is 29.7. The van der Waals surface area contributed by atoms with Crippen molar-refractivity contribution in [1.82, 2.24) is 9.97 Å². The molecule has 0 radical (unpaired) electrons. The number of rotatable bonds is 15. The lowest BCUT2D eigenvalue weighted by atomic mass is 10.1. The van der Waals surface area contributed by atoms with E-state index in [4.69, 9.17) is 0 Å². The summed E-state index contributed by atoms with van der Waals surface area (Å²) in [5.41, 5.74) is -0.125. The van der Waals surface area contributed by atoms with Crippen molar-refractivity contribution in [3.8, 4) is 0 Å². The Morgan fingerprint density at radius 3 is 1.59 bits per heavy atom. The number of quaternary nitrogens is 1. The fourth-order valence-corrected chi connectivity index (χ4v) is 5.27.